The molecule has 0 fully saturated rings. The van der Waals surface area contributed by atoms with Crippen molar-refractivity contribution in [1.29, 1.82) is 0 Å². The molecule has 0 N–H and O–H groups in total. The molecule has 0 atom stereocenters. The molecule has 2 aliphatic rings. The number of carbonyl (C=O) groups is 5. The maximum absolute atomic E-state index is 12.4. The Morgan fingerprint density at radius 2 is 1.40 bits per heavy atom. The van der Waals surface area contributed by atoms with Crippen molar-refractivity contribution in [2.45, 2.75) is 0 Å². The molecule has 4 amide bonds. The van der Waals surface area contributed by atoms with Crippen LogP contribution in [0.4, 0.5) is 0 Å². The average Bonchev–Trinajstić information content (AvgIpc) is 3.14. The number of benzene rings is 2. The molecule has 0 unspecified atom stereocenters. The summed E-state index contributed by atoms with van der Waals surface area (Å²) in [6.45, 7) is 3.31. The van der Waals surface area contributed by atoms with Gasteiger partial charge < -0.3 is 4.74 Å². The molecule has 2 aromatic rings. The Bertz CT molecular complexity index is 1100. The molecular formula is C22H16N2O6. The molecule has 0 radical (unpaired) electrons. The van der Waals surface area contributed by atoms with Crippen molar-refractivity contribution < 1.29 is 28.7 Å². The number of amides is 4. The molecule has 8 heteroatoms. The molecule has 8 nitrogen and oxygen atoms in total. The van der Waals surface area contributed by atoms with Crippen LogP contribution in [-0.2, 0) is 4.74 Å². The maximum Gasteiger partial charge on any atom is 0.338 e. The van der Waals surface area contributed by atoms with E-state index >= 15 is 0 Å². The van der Waals surface area contributed by atoms with Gasteiger partial charge in [0.05, 0.1) is 34.4 Å². The number of nitrogens with zero attached hydrogens (tertiary/aromatic N) is 2. The zero-order chi connectivity index (χ0) is 21.4. The van der Waals surface area contributed by atoms with Gasteiger partial charge in [-0.2, -0.15) is 0 Å². The first kappa shape index (κ1) is 19.3. The highest BCUT2D eigenvalue weighted by atomic mass is 16.5. The van der Waals surface area contributed by atoms with E-state index in [0.717, 1.165) is 9.80 Å². The van der Waals surface area contributed by atoms with Gasteiger partial charge in [-0.3, -0.25) is 29.0 Å². The summed E-state index contributed by atoms with van der Waals surface area (Å²) in [4.78, 5) is 63.6. The van der Waals surface area contributed by atoms with Gasteiger partial charge in [0.2, 0.25) is 0 Å². The second kappa shape index (κ2) is 7.40. The van der Waals surface area contributed by atoms with Gasteiger partial charge in [0.15, 0.2) is 0 Å². The lowest BCUT2D eigenvalue weighted by Crippen LogP contribution is -2.33. The summed E-state index contributed by atoms with van der Waals surface area (Å²) in [5.74, 6) is -2.54. The van der Waals surface area contributed by atoms with E-state index in [-0.39, 0.29) is 36.4 Å². The number of carbonyl (C=O) groups excluding carboxylic acids is 5. The van der Waals surface area contributed by atoms with Gasteiger partial charge in [-0.25, -0.2) is 4.79 Å². The fourth-order valence-electron chi connectivity index (χ4n) is 3.47. The van der Waals surface area contributed by atoms with Crippen molar-refractivity contribution in [2.24, 2.45) is 0 Å². The Balaban J connectivity index is 1.41. The lowest BCUT2D eigenvalue weighted by Gasteiger charge is -2.13. The third kappa shape index (κ3) is 2.98. The van der Waals surface area contributed by atoms with Gasteiger partial charge in [0.1, 0.15) is 6.61 Å². The molecule has 0 bridgehead atoms. The molecule has 150 valence electrons. The van der Waals surface area contributed by atoms with Crippen LogP contribution in [0.15, 0.2) is 55.1 Å². The Hall–Kier alpha value is -4.07. The summed E-state index contributed by atoms with van der Waals surface area (Å²) in [5.41, 5.74) is 1.07. The summed E-state index contributed by atoms with van der Waals surface area (Å²) in [7, 11) is 0. The van der Waals surface area contributed by atoms with E-state index in [4.69, 9.17) is 4.74 Å². The van der Waals surface area contributed by atoms with Gasteiger partial charge in [-0.15, -0.1) is 6.58 Å². The fourth-order valence-corrected chi connectivity index (χ4v) is 3.47. The van der Waals surface area contributed by atoms with Crippen LogP contribution < -0.4 is 0 Å². The SMILES string of the molecule is C=CCN1C(=O)c2ccc(C(=O)OCCN3C(=O)c4ccccc4C3=O)cc2C1=O. The first-order valence-electron chi connectivity index (χ1n) is 9.17. The summed E-state index contributed by atoms with van der Waals surface area (Å²) < 4.78 is 5.17. The number of imide groups is 2. The molecule has 0 saturated carbocycles. The van der Waals surface area contributed by atoms with Crippen LogP contribution in [0.2, 0.25) is 0 Å². The number of esters is 1. The zero-order valence-electron chi connectivity index (χ0n) is 15.8. The Morgan fingerprint density at radius 1 is 0.833 bits per heavy atom. The molecule has 0 aromatic heterocycles. The molecule has 4 rings (SSSR count). The third-order valence-corrected chi connectivity index (χ3v) is 4.94. The fraction of sp³-hybridized carbons (Fsp3) is 0.136. The van der Waals surface area contributed by atoms with Gasteiger partial charge in [-0.1, -0.05) is 18.2 Å². The second-order valence-electron chi connectivity index (χ2n) is 6.71. The largest absolute Gasteiger partial charge is 0.460 e. The van der Waals surface area contributed by atoms with E-state index in [1.165, 1.54) is 24.3 Å². The highest BCUT2D eigenvalue weighted by Gasteiger charge is 2.36. The summed E-state index contributed by atoms with van der Waals surface area (Å²) >= 11 is 0. The van der Waals surface area contributed by atoms with E-state index in [9.17, 15) is 24.0 Å². The molecular weight excluding hydrogens is 388 g/mol. The van der Waals surface area contributed by atoms with Crippen molar-refractivity contribution in [3.05, 3.63) is 82.9 Å². The molecule has 30 heavy (non-hydrogen) atoms. The number of hydrogen-bond donors (Lipinski definition) is 0. The average molecular weight is 404 g/mol. The van der Waals surface area contributed by atoms with E-state index in [0.29, 0.717) is 11.1 Å². The maximum atomic E-state index is 12.4. The van der Waals surface area contributed by atoms with E-state index in [1.807, 2.05) is 0 Å². The minimum absolute atomic E-state index is 0.0758. The Morgan fingerprint density at radius 3 is 2.03 bits per heavy atom. The van der Waals surface area contributed by atoms with Crippen molar-refractivity contribution in [2.75, 3.05) is 19.7 Å². The van der Waals surface area contributed by atoms with Crippen LogP contribution in [0, 0.1) is 0 Å². The van der Waals surface area contributed by atoms with Crippen LogP contribution in [-0.4, -0.2) is 59.1 Å². The summed E-state index contributed by atoms with van der Waals surface area (Å²) in [6, 6.07) is 10.6. The number of rotatable bonds is 6. The standard InChI is InChI=1S/C22H16N2O6/c1-2-9-23-20(27)16-8-7-13(12-17(16)21(23)28)22(29)30-11-10-24-18(25)14-5-3-4-6-15(14)19(24)26/h2-8,12H,1,9-11H2. The van der Waals surface area contributed by atoms with Crippen LogP contribution in [0.3, 0.4) is 0 Å². The molecule has 0 aliphatic carbocycles. The summed E-state index contributed by atoms with van der Waals surface area (Å²) in [6.07, 6.45) is 1.44. The molecule has 0 spiro atoms. The highest BCUT2D eigenvalue weighted by molar-refractivity contribution is 6.22. The number of ether oxygens (including phenoxy) is 1. The lowest BCUT2D eigenvalue weighted by atomic mass is 10.1. The Labute approximate surface area is 171 Å². The first-order chi connectivity index (χ1) is 14.4. The highest BCUT2D eigenvalue weighted by Crippen LogP contribution is 2.25. The second-order valence-corrected chi connectivity index (χ2v) is 6.71. The van der Waals surface area contributed by atoms with Gasteiger partial charge in [-0.05, 0) is 30.3 Å². The van der Waals surface area contributed by atoms with Crippen molar-refractivity contribution >= 4 is 29.6 Å². The van der Waals surface area contributed by atoms with Crippen molar-refractivity contribution in [1.82, 2.24) is 9.80 Å². The number of hydrogen-bond acceptors (Lipinski definition) is 6. The molecule has 2 aliphatic heterocycles. The van der Waals surface area contributed by atoms with Crippen LogP contribution >= 0.6 is 0 Å². The normalized spacial score (nSPS) is 14.8. The lowest BCUT2D eigenvalue weighted by molar-refractivity contribution is 0.0420. The molecule has 0 saturated heterocycles. The Kier molecular flexibility index (Phi) is 4.75. The number of fused-ring (bicyclic) bond motifs is 2. The predicted molar refractivity (Wildman–Crippen MR) is 104 cm³/mol. The van der Waals surface area contributed by atoms with Crippen molar-refractivity contribution in [3.63, 3.8) is 0 Å². The topological polar surface area (TPSA) is 101 Å². The third-order valence-electron chi connectivity index (χ3n) is 4.94. The van der Waals surface area contributed by atoms with Crippen molar-refractivity contribution in [3.8, 4) is 0 Å². The van der Waals surface area contributed by atoms with Gasteiger partial charge in [0.25, 0.3) is 23.6 Å². The molecule has 2 heterocycles. The van der Waals surface area contributed by atoms with Crippen LogP contribution in [0.25, 0.3) is 0 Å². The van der Waals surface area contributed by atoms with E-state index < -0.39 is 29.6 Å². The van der Waals surface area contributed by atoms with E-state index in [2.05, 4.69) is 6.58 Å². The monoisotopic (exact) mass is 404 g/mol. The quantitative estimate of drug-likeness (QED) is 0.414. The minimum atomic E-state index is -0.725. The van der Waals surface area contributed by atoms with Crippen LogP contribution in [0.1, 0.15) is 51.8 Å². The van der Waals surface area contributed by atoms with Gasteiger partial charge in [0, 0.05) is 6.54 Å². The van der Waals surface area contributed by atoms with Gasteiger partial charge >= 0.3 is 5.97 Å². The predicted octanol–water partition coefficient (Wildman–Crippen LogP) is 1.92. The smallest absolute Gasteiger partial charge is 0.338 e. The summed E-state index contributed by atoms with van der Waals surface area (Å²) in [5, 5.41) is 0. The zero-order valence-corrected chi connectivity index (χ0v) is 15.8. The minimum Gasteiger partial charge on any atom is -0.460 e. The van der Waals surface area contributed by atoms with E-state index in [1.54, 1.807) is 24.3 Å². The molecule has 2 aromatic carbocycles. The first-order valence-corrected chi connectivity index (χ1v) is 9.17. The van der Waals surface area contributed by atoms with Crippen LogP contribution in [0.5, 0.6) is 0 Å².